The first-order chi connectivity index (χ1) is 8.06. The van der Waals surface area contributed by atoms with Crippen LogP contribution < -0.4 is 21.7 Å². The van der Waals surface area contributed by atoms with E-state index in [1.165, 1.54) is 0 Å². The summed E-state index contributed by atoms with van der Waals surface area (Å²) in [5.74, 6) is 1.19. The number of amides is 1. The molecule has 0 aromatic carbocycles. The molecule has 0 fully saturated rings. The fourth-order valence-corrected chi connectivity index (χ4v) is 1.32. The lowest BCUT2D eigenvalue weighted by atomic mass is 10.3. The van der Waals surface area contributed by atoms with E-state index in [-0.39, 0.29) is 17.9 Å². The molecule has 7 heteroatoms. The number of nitrogens with zero attached hydrogens (tertiary/aromatic N) is 2. The van der Waals surface area contributed by atoms with Gasteiger partial charge in [-0.3, -0.25) is 4.79 Å². The van der Waals surface area contributed by atoms with Gasteiger partial charge in [0.2, 0.25) is 11.9 Å². The first-order valence-corrected chi connectivity index (χ1v) is 5.43. The summed E-state index contributed by atoms with van der Waals surface area (Å²) >= 11 is 0. The minimum Gasteiger partial charge on any atom is -0.370 e. The molecule has 0 spiro atoms. The van der Waals surface area contributed by atoms with Gasteiger partial charge in [0.25, 0.3) is 0 Å². The predicted octanol–water partition coefficient (Wildman–Crippen LogP) is 0.0370. The van der Waals surface area contributed by atoms with Gasteiger partial charge in [0.1, 0.15) is 17.7 Å². The highest BCUT2D eigenvalue weighted by molar-refractivity contribution is 5.83. The van der Waals surface area contributed by atoms with Crippen molar-refractivity contribution in [1.82, 2.24) is 15.3 Å². The average molecular weight is 238 g/mol. The maximum atomic E-state index is 11.3. The van der Waals surface area contributed by atoms with Gasteiger partial charge in [-0.25, -0.2) is 0 Å². The first-order valence-electron chi connectivity index (χ1n) is 5.43. The van der Waals surface area contributed by atoms with Gasteiger partial charge in [0.15, 0.2) is 0 Å². The van der Waals surface area contributed by atoms with Crippen molar-refractivity contribution in [3.05, 3.63) is 6.07 Å². The lowest BCUT2D eigenvalue weighted by Gasteiger charge is -2.14. The molecule has 0 aliphatic heterocycles. The van der Waals surface area contributed by atoms with Crippen LogP contribution >= 0.6 is 0 Å². The molecule has 1 rings (SSSR count). The van der Waals surface area contributed by atoms with Crippen LogP contribution in [0.1, 0.15) is 13.8 Å². The Morgan fingerprint density at radius 3 is 2.71 bits per heavy atom. The highest BCUT2D eigenvalue weighted by atomic mass is 16.2. The maximum Gasteiger partial charge on any atom is 0.241 e. The second kappa shape index (κ2) is 5.88. The van der Waals surface area contributed by atoms with E-state index in [0.717, 1.165) is 6.54 Å². The molecule has 1 aromatic heterocycles. The van der Waals surface area contributed by atoms with Crippen LogP contribution in [0.5, 0.6) is 0 Å². The topological polar surface area (TPSA) is 105 Å². The molecular weight excluding hydrogens is 220 g/mol. The number of hydrogen-bond donors (Lipinski definition) is 4. The number of nitrogen functional groups attached to an aromatic ring is 1. The minimum absolute atomic E-state index is 0.118. The molecule has 94 valence electrons. The molecule has 1 atom stereocenters. The van der Waals surface area contributed by atoms with Gasteiger partial charge in [0.05, 0.1) is 0 Å². The van der Waals surface area contributed by atoms with Gasteiger partial charge in [0, 0.05) is 19.7 Å². The zero-order chi connectivity index (χ0) is 12.8. The van der Waals surface area contributed by atoms with Gasteiger partial charge in [-0.1, -0.05) is 0 Å². The van der Waals surface area contributed by atoms with Crippen LogP contribution in [0.3, 0.4) is 0 Å². The molecule has 5 N–H and O–H groups in total. The van der Waals surface area contributed by atoms with E-state index in [0.29, 0.717) is 11.6 Å². The highest BCUT2D eigenvalue weighted by Gasteiger charge is 2.11. The fourth-order valence-electron chi connectivity index (χ4n) is 1.32. The maximum absolute atomic E-state index is 11.3. The van der Waals surface area contributed by atoms with Crippen LogP contribution in [-0.2, 0) is 4.79 Å². The molecule has 0 aliphatic carbocycles. The number of rotatable bonds is 5. The number of likely N-dealkylation sites (N-methyl/N-ethyl adjacent to an activating group) is 1. The Balaban J connectivity index is 2.80. The summed E-state index contributed by atoms with van der Waals surface area (Å²) in [6.45, 7) is 4.43. The molecule has 1 aromatic rings. The lowest BCUT2D eigenvalue weighted by Crippen LogP contribution is -2.35. The largest absolute Gasteiger partial charge is 0.370 e. The third kappa shape index (κ3) is 3.78. The molecule has 0 aliphatic rings. The Bertz CT molecular complexity index is 394. The zero-order valence-corrected chi connectivity index (χ0v) is 10.2. The summed E-state index contributed by atoms with van der Waals surface area (Å²) in [6.07, 6.45) is 0. The third-order valence-electron chi connectivity index (χ3n) is 2.11. The van der Waals surface area contributed by atoms with Crippen molar-refractivity contribution in [2.75, 3.05) is 30.0 Å². The van der Waals surface area contributed by atoms with Gasteiger partial charge in [-0.05, 0) is 13.8 Å². The van der Waals surface area contributed by atoms with Crippen molar-refractivity contribution < 1.29 is 4.79 Å². The molecular formula is C10H18N6O. The molecule has 1 heterocycles. The molecule has 7 nitrogen and oxygen atoms in total. The van der Waals surface area contributed by atoms with Crippen molar-refractivity contribution in [1.29, 1.82) is 0 Å². The summed E-state index contributed by atoms with van der Waals surface area (Å²) in [5.41, 5.74) is 5.57. The van der Waals surface area contributed by atoms with Gasteiger partial charge in [-0.2, -0.15) is 9.97 Å². The molecule has 1 amide bonds. The van der Waals surface area contributed by atoms with Crippen molar-refractivity contribution in [2.45, 2.75) is 19.9 Å². The summed E-state index contributed by atoms with van der Waals surface area (Å²) in [6, 6.07) is 1.32. The Labute approximate surface area is 100 Å². The van der Waals surface area contributed by atoms with E-state index < -0.39 is 0 Å². The summed E-state index contributed by atoms with van der Waals surface area (Å²) in [7, 11) is 1.58. The Morgan fingerprint density at radius 1 is 1.47 bits per heavy atom. The van der Waals surface area contributed by atoms with Crippen molar-refractivity contribution in [3.8, 4) is 0 Å². The van der Waals surface area contributed by atoms with Crippen LogP contribution in [0, 0.1) is 0 Å². The number of hydrogen-bond acceptors (Lipinski definition) is 6. The van der Waals surface area contributed by atoms with Gasteiger partial charge >= 0.3 is 0 Å². The second-order valence-corrected chi connectivity index (χ2v) is 3.51. The van der Waals surface area contributed by atoms with Crippen molar-refractivity contribution >= 4 is 23.5 Å². The SMILES string of the molecule is CCNc1cc(NC(C)C(=O)NC)nc(N)n1. The van der Waals surface area contributed by atoms with E-state index in [1.54, 1.807) is 20.0 Å². The van der Waals surface area contributed by atoms with Crippen LogP contribution in [-0.4, -0.2) is 35.5 Å². The Kier molecular flexibility index (Phi) is 4.50. The molecule has 0 radical (unpaired) electrons. The number of nitrogens with one attached hydrogen (secondary N) is 3. The van der Waals surface area contributed by atoms with Crippen LogP contribution in [0.15, 0.2) is 6.07 Å². The van der Waals surface area contributed by atoms with E-state index in [2.05, 4.69) is 25.9 Å². The zero-order valence-electron chi connectivity index (χ0n) is 10.2. The molecule has 1 unspecified atom stereocenters. The van der Waals surface area contributed by atoms with Crippen LogP contribution in [0.2, 0.25) is 0 Å². The van der Waals surface area contributed by atoms with Gasteiger partial charge in [-0.15, -0.1) is 0 Å². The monoisotopic (exact) mass is 238 g/mol. The average Bonchev–Trinajstić information content (AvgIpc) is 2.27. The smallest absolute Gasteiger partial charge is 0.241 e. The van der Waals surface area contributed by atoms with E-state index >= 15 is 0 Å². The molecule has 0 saturated heterocycles. The standard InChI is InChI=1S/C10H18N6O/c1-4-13-7-5-8(16-10(11)15-7)14-6(2)9(17)12-3/h5-6H,4H2,1-3H3,(H,12,17)(H4,11,13,14,15,16). The quantitative estimate of drug-likeness (QED) is 0.577. The van der Waals surface area contributed by atoms with Gasteiger partial charge < -0.3 is 21.7 Å². The molecule has 0 bridgehead atoms. The fraction of sp³-hybridized carbons (Fsp3) is 0.500. The second-order valence-electron chi connectivity index (χ2n) is 3.51. The van der Waals surface area contributed by atoms with Crippen LogP contribution in [0.25, 0.3) is 0 Å². The Morgan fingerprint density at radius 2 is 2.12 bits per heavy atom. The number of carbonyl (C=O) groups excluding carboxylic acids is 1. The summed E-state index contributed by atoms with van der Waals surface area (Å²) in [5, 5.41) is 8.53. The predicted molar refractivity (Wildman–Crippen MR) is 67.8 cm³/mol. The first kappa shape index (κ1) is 13.0. The van der Waals surface area contributed by atoms with E-state index in [1.807, 2.05) is 6.92 Å². The summed E-state index contributed by atoms with van der Waals surface area (Å²) in [4.78, 5) is 19.4. The molecule has 17 heavy (non-hydrogen) atoms. The van der Waals surface area contributed by atoms with E-state index in [9.17, 15) is 4.79 Å². The number of anilines is 3. The number of nitrogens with two attached hydrogens (primary N) is 1. The normalized spacial score (nSPS) is 11.7. The summed E-state index contributed by atoms with van der Waals surface area (Å²) < 4.78 is 0. The molecule has 0 saturated carbocycles. The lowest BCUT2D eigenvalue weighted by molar-refractivity contribution is -0.121. The number of aromatic nitrogens is 2. The third-order valence-corrected chi connectivity index (χ3v) is 2.11. The van der Waals surface area contributed by atoms with Crippen molar-refractivity contribution in [2.24, 2.45) is 0 Å². The highest BCUT2D eigenvalue weighted by Crippen LogP contribution is 2.13. The van der Waals surface area contributed by atoms with E-state index in [4.69, 9.17) is 5.73 Å². The number of carbonyl (C=O) groups is 1. The van der Waals surface area contributed by atoms with Crippen molar-refractivity contribution in [3.63, 3.8) is 0 Å². The minimum atomic E-state index is -0.385. The Hall–Kier alpha value is -2.05. The van der Waals surface area contributed by atoms with Crippen LogP contribution in [0.4, 0.5) is 17.6 Å².